The first kappa shape index (κ1) is 7.85. The Morgan fingerprint density at radius 2 is 2.31 bits per heavy atom. The summed E-state index contributed by atoms with van der Waals surface area (Å²) in [4.78, 5) is 0. The minimum atomic E-state index is 0.701. The number of nitrogen functional groups attached to an aromatic ring is 1. The highest BCUT2D eigenvalue weighted by atomic mass is 15.2. The molecule has 4 N–H and O–H groups in total. The van der Waals surface area contributed by atoms with Crippen molar-refractivity contribution in [2.75, 3.05) is 5.73 Å². The number of anilines is 1. The second-order valence-electron chi connectivity index (χ2n) is 2.79. The van der Waals surface area contributed by atoms with E-state index in [0.717, 1.165) is 23.5 Å². The molecule has 0 aliphatic carbocycles. The molecule has 0 aliphatic heterocycles. The van der Waals surface area contributed by atoms with E-state index in [-0.39, 0.29) is 0 Å². The predicted molar refractivity (Wildman–Crippen MR) is 50.0 cm³/mol. The van der Waals surface area contributed by atoms with Gasteiger partial charge in [-0.15, -0.1) is 0 Å². The second kappa shape index (κ2) is 2.93. The largest absolute Gasteiger partial charge is 0.395 e. The zero-order chi connectivity index (χ0) is 9.26. The van der Waals surface area contributed by atoms with E-state index < -0.39 is 0 Å². The van der Waals surface area contributed by atoms with E-state index >= 15 is 0 Å². The van der Waals surface area contributed by atoms with Crippen LogP contribution in [0.25, 0.3) is 11.4 Å². The molecule has 0 aliphatic rings. The number of rotatable bonds is 2. The summed E-state index contributed by atoms with van der Waals surface area (Å²) in [6.07, 6.45) is 2.53. The van der Waals surface area contributed by atoms with Crippen LogP contribution in [0, 0.1) is 0 Å². The smallest absolute Gasteiger partial charge is 0.133 e. The van der Waals surface area contributed by atoms with Crippen molar-refractivity contribution in [2.45, 2.75) is 13.3 Å². The molecule has 2 aromatic heterocycles. The van der Waals surface area contributed by atoms with Crippen molar-refractivity contribution in [1.82, 2.24) is 20.4 Å². The Morgan fingerprint density at radius 3 is 2.85 bits per heavy atom. The van der Waals surface area contributed by atoms with Gasteiger partial charge < -0.3 is 5.73 Å². The van der Waals surface area contributed by atoms with Gasteiger partial charge in [0.2, 0.25) is 0 Å². The third kappa shape index (κ3) is 1.18. The predicted octanol–water partition coefficient (Wildman–Crippen LogP) is 0.944. The summed E-state index contributed by atoms with van der Waals surface area (Å²) in [5, 5.41) is 13.7. The summed E-state index contributed by atoms with van der Waals surface area (Å²) in [6, 6.07) is 1.84. The lowest BCUT2D eigenvalue weighted by molar-refractivity contribution is 0.974. The van der Waals surface area contributed by atoms with Gasteiger partial charge in [0, 0.05) is 6.20 Å². The van der Waals surface area contributed by atoms with Crippen LogP contribution in [0.15, 0.2) is 12.3 Å². The van der Waals surface area contributed by atoms with Crippen molar-refractivity contribution in [1.29, 1.82) is 0 Å². The highest BCUT2D eigenvalue weighted by Crippen LogP contribution is 2.23. The van der Waals surface area contributed by atoms with Crippen molar-refractivity contribution in [3.05, 3.63) is 18.0 Å². The number of nitrogens with two attached hydrogens (primary N) is 1. The fraction of sp³-hybridized carbons (Fsp3) is 0.250. The van der Waals surface area contributed by atoms with Gasteiger partial charge in [-0.05, 0) is 12.5 Å². The quantitative estimate of drug-likeness (QED) is 0.638. The van der Waals surface area contributed by atoms with Crippen LogP contribution in [0.4, 0.5) is 5.69 Å². The molecule has 0 aromatic carbocycles. The van der Waals surface area contributed by atoms with Gasteiger partial charge in [0.05, 0.1) is 17.1 Å². The fourth-order valence-corrected chi connectivity index (χ4v) is 1.25. The molecule has 0 bridgehead atoms. The molecule has 0 atom stereocenters. The number of hydrogen-bond acceptors (Lipinski definition) is 3. The van der Waals surface area contributed by atoms with Gasteiger partial charge in [0.15, 0.2) is 0 Å². The Kier molecular flexibility index (Phi) is 1.77. The lowest BCUT2D eigenvalue weighted by Crippen LogP contribution is -1.91. The molecule has 0 amide bonds. The maximum Gasteiger partial charge on any atom is 0.133 e. The third-order valence-corrected chi connectivity index (χ3v) is 1.99. The lowest BCUT2D eigenvalue weighted by Gasteiger charge is -1.94. The number of aryl methyl sites for hydroxylation is 1. The molecular weight excluding hydrogens is 166 g/mol. The molecule has 2 aromatic rings. The van der Waals surface area contributed by atoms with Crippen LogP contribution in [0.2, 0.25) is 0 Å². The molecule has 5 nitrogen and oxygen atoms in total. The topological polar surface area (TPSA) is 83.4 Å². The summed E-state index contributed by atoms with van der Waals surface area (Å²) in [7, 11) is 0. The normalized spacial score (nSPS) is 10.5. The molecule has 0 unspecified atom stereocenters. The van der Waals surface area contributed by atoms with Crippen LogP contribution in [0.1, 0.15) is 12.6 Å². The van der Waals surface area contributed by atoms with Crippen molar-refractivity contribution in [3.63, 3.8) is 0 Å². The third-order valence-electron chi connectivity index (χ3n) is 1.99. The first-order valence-corrected chi connectivity index (χ1v) is 4.15. The van der Waals surface area contributed by atoms with Gasteiger partial charge in [0.25, 0.3) is 0 Å². The Balaban J connectivity index is 2.48. The average molecular weight is 177 g/mol. The summed E-state index contributed by atoms with van der Waals surface area (Å²) >= 11 is 0. The summed E-state index contributed by atoms with van der Waals surface area (Å²) in [5.74, 6) is 0. The van der Waals surface area contributed by atoms with Crippen molar-refractivity contribution in [2.24, 2.45) is 0 Å². The summed E-state index contributed by atoms with van der Waals surface area (Å²) in [6.45, 7) is 2.03. The summed E-state index contributed by atoms with van der Waals surface area (Å²) in [5.41, 5.74) is 9.11. The van der Waals surface area contributed by atoms with Gasteiger partial charge in [-0.2, -0.15) is 10.2 Å². The molecular formula is C8H11N5. The molecule has 0 fully saturated rings. The number of H-pyrrole nitrogens is 2. The average Bonchev–Trinajstić information content (AvgIpc) is 2.72. The van der Waals surface area contributed by atoms with Gasteiger partial charge in [-0.3, -0.25) is 10.2 Å². The van der Waals surface area contributed by atoms with Gasteiger partial charge in [-0.25, -0.2) is 0 Å². The lowest BCUT2D eigenvalue weighted by atomic mass is 10.2. The highest BCUT2D eigenvalue weighted by molar-refractivity contribution is 5.71. The first-order valence-electron chi connectivity index (χ1n) is 4.15. The van der Waals surface area contributed by atoms with Crippen molar-refractivity contribution in [3.8, 4) is 11.4 Å². The molecule has 0 spiro atoms. The zero-order valence-corrected chi connectivity index (χ0v) is 7.33. The zero-order valence-electron chi connectivity index (χ0n) is 7.33. The molecule has 0 saturated heterocycles. The Bertz CT molecular complexity index is 387. The standard InChI is InChI=1S/C8H11N5/c1-2-5-7(9)8(13-12-5)6-3-4-10-11-6/h3-4H,2,9H2,1H3,(H,10,11)(H,12,13). The number of aromatic nitrogens is 4. The number of nitrogens with one attached hydrogen (secondary N) is 2. The molecule has 2 heterocycles. The van der Waals surface area contributed by atoms with Gasteiger partial charge >= 0.3 is 0 Å². The van der Waals surface area contributed by atoms with E-state index in [1.165, 1.54) is 0 Å². The fourth-order valence-electron chi connectivity index (χ4n) is 1.25. The van der Waals surface area contributed by atoms with E-state index in [1.807, 2.05) is 13.0 Å². The van der Waals surface area contributed by atoms with E-state index in [9.17, 15) is 0 Å². The molecule has 68 valence electrons. The Labute approximate surface area is 75.4 Å². The maximum atomic E-state index is 5.86. The van der Waals surface area contributed by atoms with Crippen LogP contribution in [-0.4, -0.2) is 20.4 Å². The van der Waals surface area contributed by atoms with Crippen LogP contribution in [0.3, 0.4) is 0 Å². The first-order chi connectivity index (χ1) is 6.33. The van der Waals surface area contributed by atoms with Crippen molar-refractivity contribution >= 4 is 5.69 Å². The number of aromatic amines is 2. The SMILES string of the molecule is CCc1[nH]nc(-c2ccn[nH]2)c1N. The maximum absolute atomic E-state index is 5.86. The minimum Gasteiger partial charge on any atom is -0.395 e. The molecule has 0 saturated carbocycles. The van der Waals surface area contributed by atoms with Crippen LogP contribution < -0.4 is 5.73 Å². The highest BCUT2D eigenvalue weighted by Gasteiger charge is 2.10. The Morgan fingerprint density at radius 1 is 1.46 bits per heavy atom. The summed E-state index contributed by atoms with van der Waals surface area (Å²) < 4.78 is 0. The minimum absolute atomic E-state index is 0.701. The van der Waals surface area contributed by atoms with E-state index in [2.05, 4.69) is 20.4 Å². The van der Waals surface area contributed by atoms with E-state index in [0.29, 0.717) is 5.69 Å². The molecule has 13 heavy (non-hydrogen) atoms. The second-order valence-corrected chi connectivity index (χ2v) is 2.79. The Hall–Kier alpha value is -1.78. The number of nitrogens with zero attached hydrogens (tertiary/aromatic N) is 2. The molecule has 5 heteroatoms. The molecule has 0 radical (unpaired) electrons. The monoisotopic (exact) mass is 177 g/mol. The van der Waals surface area contributed by atoms with E-state index in [1.54, 1.807) is 6.20 Å². The van der Waals surface area contributed by atoms with Crippen LogP contribution in [0.5, 0.6) is 0 Å². The van der Waals surface area contributed by atoms with Crippen molar-refractivity contribution < 1.29 is 0 Å². The molecule has 2 rings (SSSR count). The van der Waals surface area contributed by atoms with Gasteiger partial charge in [0.1, 0.15) is 5.69 Å². The van der Waals surface area contributed by atoms with Gasteiger partial charge in [-0.1, -0.05) is 6.92 Å². The van der Waals surface area contributed by atoms with Crippen LogP contribution >= 0.6 is 0 Å². The van der Waals surface area contributed by atoms with Crippen LogP contribution in [-0.2, 0) is 6.42 Å². The van der Waals surface area contributed by atoms with E-state index in [4.69, 9.17) is 5.73 Å². The number of hydrogen-bond donors (Lipinski definition) is 3.